The van der Waals surface area contributed by atoms with Crippen LogP contribution in [0.2, 0.25) is 0 Å². The maximum absolute atomic E-state index is 5.51. The van der Waals surface area contributed by atoms with Gasteiger partial charge in [-0.25, -0.2) is 0 Å². The van der Waals surface area contributed by atoms with Crippen LogP contribution in [0.1, 0.15) is 5.56 Å². The summed E-state index contributed by atoms with van der Waals surface area (Å²) in [6.45, 7) is 8.53. The Morgan fingerprint density at radius 1 is 0.682 bits per heavy atom. The lowest BCUT2D eigenvalue weighted by atomic mass is 10.2. The summed E-state index contributed by atoms with van der Waals surface area (Å²) in [5.41, 5.74) is 1.17. The molecule has 0 unspecified atom stereocenters. The van der Waals surface area contributed by atoms with E-state index in [1.165, 1.54) is 11.8 Å². The maximum Gasteiger partial charge on any atom is 0.111 e. The minimum absolute atomic E-state index is 0.523. The largest absolute Gasteiger partial charge is 0.499 e. The van der Waals surface area contributed by atoms with Gasteiger partial charge < -0.3 is 23.7 Å². The highest BCUT2D eigenvalue weighted by Crippen LogP contribution is 1.99. The van der Waals surface area contributed by atoms with Gasteiger partial charge in [-0.05, 0) is 5.56 Å². The first-order valence-corrected chi connectivity index (χ1v) is 7.51. The smallest absolute Gasteiger partial charge is 0.111 e. The van der Waals surface area contributed by atoms with E-state index in [0.29, 0.717) is 59.5 Å². The van der Waals surface area contributed by atoms with Crippen molar-refractivity contribution in [1.29, 1.82) is 0 Å². The fourth-order valence-electron chi connectivity index (χ4n) is 1.61. The molecule has 1 aromatic rings. The van der Waals surface area contributed by atoms with Crippen molar-refractivity contribution in [3.05, 3.63) is 48.7 Å². The third kappa shape index (κ3) is 11.3. The van der Waals surface area contributed by atoms with Gasteiger partial charge in [0.05, 0.1) is 59.1 Å². The lowest BCUT2D eigenvalue weighted by Crippen LogP contribution is -2.12. The third-order valence-electron chi connectivity index (χ3n) is 2.69. The van der Waals surface area contributed by atoms with E-state index < -0.39 is 0 Å². The number of benzene rings is 1. The zero-order valence-corrected chi connectivity index (χ0v) is 13.1. The van der Waals surface area contributed by atoms with E-state index in [1.807, 2.05) is 30.3 Å². The molecule has 0 amide bonds. The molecule has 22 heavy (non-hydrogen) atoms. The Morgan fingerprint density at radius 2 is 1.18 bits per heavy atom. The van der Waals surface area contributed by atoms with Crippen LogP contribution in [0, 0.1) is 0 Å². The standard InChI is InChI=1S/C17H26O5/c1-2-18-8-9-19-10-11-20-12-13-21-14-15-22-16-17-6-4-3-5-7-17/h2-7H,1,8-16H2. The Kier molecular flexibility index (Phi) is 12.3. The first kappa shape index (κ1) is 18.6. The molecule has 124 valence electrons. The van der Waals surface area contributed by atoms with Crippen molar-refractivity contribution in [2.45, 2.75) is 6.61 Å². The molecule has 0 saturated carbocycles. The van der Waals surface area contributed by atoms with E-state index in [2.05, 4.69) is 6.58 Å². The van der Waals surface area contributed by atoms with Crippen LogP contribution >= 0.6 is 0 Å². The molecule has 0 fully saturated rings. The molecule has 1 aromatic carbocycles. The van der Waals surface area contributed by atoms with Crippen LogP contribution in [0.25, 0.3) is 0 Å². The van der Waals surface area contributed by atoms with E-state index in [-0.39, 0.29) is 0 Å². The van der Waals surface area contributed by atoms with Crippen LogP contribution in [-0.2, 0) is 30.3 Å². The molecule has 0 bridgehead atoms. The summed E-state index contributed by atoms with van der Waals surface area (Å²) in [4.78, 5) is 0. The normalized spacial score (nSPS) is 10.5. The van der Waals surface area contributed by atoms with E-state index in [9.17, 15) is 0 Å². The molecule has 0 radical (unpaired) electrons. The number of ether oxygens (including phenoxy) is 5. The fourth-order valence-corrected chi connectivity index (χ4v) is 1.61. The third-order valence-corrected chi connectivity index (χ3v) is 2.69. The van der Waals surface area contributed by atoms with Crippen LogP contribution in [-0.4, -0.2) is 52.9 Å². The first-order valence-electron chi connectivity index (χ1n) is 7.51. The number of rotatable bonds is 15. The second kappa shape index (κ2) is 14.5. The second-order valence-electron chi connectivity index (χ2n) is 4.41. The fraction of sp³-hybridized carbons (Fsp3) is 0.529. The molecule has 0 aliphatic rings. The van der Waals surface area contributed by atoms with Crippen molar-refractivity contribution < 1.29 is 23.7 Å². The van der Waals surface area contributed by atoms with Crippen molar-refractivity contribution in [3.8, 4) is 0 Å². The molecule has 0 aliphatic heterocycles. The Bertz CT molecular complexity index is 355. The lowest BCUT2D eigenvalue weighted by Gasteiger charge is -2.07. The van der Waals surface area contributed by atoms with E-state index in [4.69, 9.17) is 23.7 Å². The van der Waals surface area contributed by atoms with Gasteiger partial charge in [-0.2, -0.15) is 0 Å². The average Bonchev–Trinajstić information content (AvgIpc) is 2.56. The summed E-state index contributed by atoms with van der Waals surface area (Å²) in [5, 5.41) is 0. The van der Waals surface area contributed by atoms with Crippen molar-refractivity contribution in [3.63, 3.8) is 0 Å². The van der Waals surface area contributed by atoms with Gasteiger partial charge in [0, 0.05) is 0 Å². The highest BCUT2D eigenvalue weighted by Gasteiger charge is 1.94. The highest BCUT2D eigenvalue weighted by molar-refractivity contribution is 5.13. The van der Waals surface area contributed by atoms with E-state index in [1.54, 1.807) is 0 Å². The van der Waals surface area contributed by atoms with Crippen LogP contribution in [0.5, 0.6) is 0 Å². The van der Waals surface area contributed by atoms with Crippen LogP contribution < -0.4 is 0 Å². The van der Waals surface area contributed by atoms with Gasteiger partial charge in [0.2, 0.25) is 0 Å². The summed E-state index contributed by atoms with van der Waals surface area (Å²) >= 11 is 0. The number of hydrogen-bond acceptors (Lipinski definition) is 5. The molecule has 0 heterocycles. The summed E-state index contributed by atoms with van der Waals surface area (Å²) in [5.74, 6) is 0. The quantitative estimate of drug-likeness (QED) is 0.368. The highest BCUT2D eigenvalue weighted by atomic mass is 16.6. The van der Waals surface area contributed by atoms with Gasteiger partial charge in [-0.15, -0.1) is 0 Å². The summed E-state index contributed by atoms with van der Waals surface area (Å²) in [6, 6.07) is 10.1. The predicted molar refractivity (Wildman–Crippen MR) is 84.7 cm³/mol. The van der Waals surface area contributed by atoms with Gasteiger partial charge in [0.15, 0.2) is 0 Å². The van der Waals surface area contributed by atoms with Gasteiger partial charge in [0.1, 0.15) is 6.61 Å². The maximum atomic E-state index is 5.51. The molecule has 0 aliphatic carbocycles. The van der Waals surface area contributed by atoms with Crippen LogP contribution in [0.15, 0.2) is 43.2 Å². The van der Waals surface area contributed by atoms with E-state index >= 15 is 0 Å². The minimum Gasteiger partial charge on any atom is -0.499 e. The zero-order chi connectivity index (χ0) is 15.7. The van der Waals surface area contributed by atoms with E-state index in [0.717, 1.165) is 0 Å². The molecule has 5 heteroatoms. The van der Waals surface area contributed by atoms with Gasteiger partial charge in [0.25, 0.3) is 0 Å². The average molecular weight is 310 g/mol. The molecular weight excluding hydrogens is 284 g/mol. The van der Waals surface area contributed by atoms with Gasteiger partial charge in [-0.1, -0.05) is 36.9 Å². The Hall–Kier alpha value is -1.40. The lowest BCUT2D eigenvalue weighted by molar-refractivity contribution is -0.00799. The van der Waals surface area contributed by atoms with Gasteiger partial charge in [-0.3, -0.25) is 0 Å². The Morgan fingerprint density at radius 3 is 1.73 bits per heavy atom. The van der Waals surface area contributed by atoms with Crippen LogP contribution in [0.3, 0.4) is 0 Å². The summed E-state index contributed by atoms with van der Waals surface area (Å²) in [6.07, 6.45) is 1.40. The molecule has 0 saturated heterocycles. The molecule has 0 aromatic heterocycles. The topological polar surface area (TPSA) is 46.2 Å². The SMILES string of the molecule is C=COCCOCCOCCOCCOCc1ccccc1. The number of hydrogen-bond donors (Lipinski definition) is 0. The molecule has 5 nitrogen and oxygen atoms in total. The van der Waals surface area contributed by atoms with Crippen molar-refractivity contribution in [2.24, 2.45) is 0 Å². The molecule has 1 rings (SSSR count). The van der Waals surface area contributed by atoms with Gasteiger partial charge >= 0.3 is 0 Å². The first-order chi connectivity index (χ1) is 10.9. The summed E-state index contributed by atoms with van der Waals surface area (Å²) < 4.78 is 26.5. The predicted octanol–water partition coefficient (Wildman–Crippen LogP) is 2.41. The van der Waals surface area contributed by atoms with Crippen LogP contribution in [0.4, 0.5) is 0 Å². The van der Waals surface area contributed by atoms with Crippen molar-refractivity contribution in [2.75, 3.05) is 52.9 Å². The minimum atomic E-state index is 0.523. The molecule has 0 spiro atoms. The molecule has 0 N–H and O–H groups in total. The second-order valence-corrected chi connectivity index (χ2v) is 4.41. The molecular formula is C17H26O5. The Labute approximate surface area is 132 Å². The zero-order valence-electron chi connectivity index (χ0n) is 13.1. The van der Waals surface area contributed by atoms with Crippen molar-refractivity contribution >= 4 is 0 Å². The monoisotopic (exact) mass is 310 g/mol. The Balaban J connectivity index is 1.74. The molecule has 0 atom stereocenters. The summed E-state index contributed by atoms with van der Waals surface area (Å²) in [7, 11) is 0. The van der Waals surface area contributed by atoms with Crippen molar-refractivity contribution in [1.82, 2.24) is 0 Å².